The van der Waals surface area contributed by atoms with Crippen molar-refractivity contribution in [2.75, 3.05) is 7.11 Å². The molecular formula is C20H21NO5. The summed E-state index contributed by atoms with van der Waals surface area (Å²) in [6, 6.07) is 4.75. The van der Waals surface area contributed by atoms with Gasteiger partial charge in [-0.15, -0.1) is 0 Å². The summed E-state index contributed by atoms with van der Waals surface area (Å²) in [6.07, 6.45) is 2.69. The Hall–Kier alpha value is -2.57. The Balaban J connectivity index is 2.09. The minimum atomic E-state index is -1.83. The number of allylic oxidation sites excluding steroid dienone is 2. The van der Waals surface area contributed by atoms with E-state index in [0.717, 1.165) is 23.1 Å². The maximum absolute atomic E-state index is 12.4. The smallest absolute Gasteiger partial charge is 0.190 e. The van der Waals surface area contributed by atoms with Crippen molar-refractivity contribution in [3.63, 3.8) is 0 Å². The van der Waals surface area contributed by atoms with Crippen LogP contribution in [0.2, 0.25) is 0 Å². The van der Waals surface area contributed by atoms with Gasteiger partial charge >= 0.3 is 0 Å². The van der Waals surface area contributed by atoms with Gasteiger partial charge in [-0.1, -0.05) is 19.9 Å². The average Bonchev–Trinajstić information content (AvgIpc) is 2.89. The predicted molar refractivity (Wildman–Crippen MR) is 96.9 cm³/mol. The number of pyridine rings is 1. The second-order valence-corrected chi connectivity index (χ2v) is 7.58. The molecule has 0 fully saturated rings. The molecule has 1 aliphatic heterocycles. The van der Waals surface area contributed by atoms with Gasteiger partial charge in [-0.3, -0.25) is 4.79 Å². The first-order valence-electron chi connectivity index (χ1n) is 8.48. The lowest BCUT2D eigenvalue weighted by Crippen LogP contribution is -2.30. The standard InChI is InChI=1S/C20H21NO5/c1-20(2)5-4-10-11-6-16(23)17(26-3)7-12(11)14-8-15(22)13(19(24)25)9-21(14)18(10)20/h4,6-9,18-19,23-25H,5H2,1-3H3/t18-/m1/s1. The van der Waals surface area contributed by atoms with Gasteiger partial charge < -0.3 is 24.6 Å². The predicted octanol–water partition coefficient (Wildman–Crippen LogP) is 2.58. The Kier molecular flexibility index (Phi) is 3.54. The molecule has 26 heavy (non-hydrogen) atoms. The molecule has 2 aromatic rings. The number of nitrogens with zero attached hydrogens (tertiary/aromatic N) is 1. The van der Waals surface area contributed by atoms with Crippen molar-refractivity contribution in [3.05, 3.63) is 51.8 Å². The number of hydrogen-bond donors (Lipinski definition) is 3. The normalized spacial score (nSPS) is 19.6. The van der Waals surface area contributed by atoms with Gasteiger partial charge in [-0.25, -0.2) is 0 Å². The van der Waals surface area contributed by atoms with Crippen molar-refractivity contribution in [1.29, 1.82) is 0 Å². The number of fused-ring (bicyclic) bond motifs is 6. The Labute approximate surface area is 150 Å². The van der Waals surface area contributed by atoms with E-state index in [9.17, 15) is 20.1 Å². The van der Waals surface area contributed by atoms with Gasteiger partial charge in [0.1, 0.15) is 0 Å². The summed E-state index contributed by atoms with van der Waals surface area (Å²) in [6.45, 7) is 4.26. The van der Waals surface area contributed by atoms with Crippen molar-refractivity contribution >= 4 is 5.57 Å². The van der Waals surface area contributed by atoms with Crippen LogP contribution < -0.4 is 10.2 Å². The summed E-state index contributed by atoms with van der Waals surface area (Å²) in [5.74, 6) is 0.374. The van der Waals surface area contributed by atoms with Crippen LogP contribution in [0.5, 0.6) is 11.5 Å². The zero-order valence-electron chi connectivity index (χ0n) is 14.9. The molecule has 1 aliphatic carbocycles. The van der Waals surface area contributed by atoms with E-state index in [2.05, 4.69) is 19.9 Å². The van der Waals surface area contributed by atoms with Crippen LogP contribution in [0.1, 0.15) is 43.7 Å². The molecular weight excluding hydrogens is 334 g/mol. The molecule has 0 radical (unpaired) electrons. The molecule has 3 N–H and O–H groups in total. The summed E-state index contributed by atoms with van der Waals surface area (Å²) < 4.78 is 7.17. The SMILES string of the molecule is COc1cc2c(cc1O)C1=CCC(C)(C)[C@@H]1n1cc(C(O)O)c(=O)cc1-2. The molecule has 0 amide bonds. The molecule has 0 saturated heterocycles. The van der Waals surface area contributed by atoms with E-state index < -0.39 is 11.7 Å². The summed E-state index contributed by atoms with van der Waals surface area (Å²) in [4.78, 5) is 12.4. The van der Waals surface area contributed by atoms with E-state index in [1.165, 1.54) is 19.4 Å². The largest absolute Gasteiger partial charge is 0.504 e. The van der Waals surface area contributed by atoms with E-state index in [1.54, 1.807) is 12.1 Å². The van der Waals surface area contributed by atoms with Crippen molar-refractivity contribution in [3.8, 4) is 22.8 Å². The number of benzene rings is 1. The molecule has 136 valence electrons. The average molecular weight is 355 g/mol. The fraction of sp³-hybridized carbons (Fsp3) is 0.350. The minimum absolute atomic E-state index is 0.0498. The first-order valence-corrected chi connectivity index (χ1v) is 8.48. The van der Waals surface area contributed by atoms with Crippen LogP contribution in [0, 0.1) is 5.41 Å². The Morgan fingerprint density at radius 1 is 1.23 bits per heavy atom. The van der Waals surface area contributed by atoms with E-state index in [4.69, 9.17) is 4.74 Å². The fourth-order valence-corrected chi connectivity index (χ4v) is 4.17. The molecule has 1 aromatic carbocycles. The third-order valence-corrected chi connectivity index (χ3v) is 5.45. The van der Waals surface area contributed by atoms with E-state index >= 15 is 0 Å². The van der Waals surface area contributed by atoms with Gasteiger partial charge in [-0.05, 0) is 35.1 Å². The van der Waals surface area contributed by atoms with Crippen LogP contribution in [-0.4, -0.2) is 27.0 Å². The van der Waals surface area contributed by atoms with Crippen LogP contribution in [0.3, 0.4) is 0 Å². The van der Waals surface area contributed by atoms with Gasteiger partial charge in [-0.2, -0.15) is 0 Å². The van der Waals surface area contributed by atoms with Crippen LogP contribution in [0.15, 0.2) is 35.3 Å². The highest BCUT2D eigenvalue weighted by molar-refractivity contribution is 5.88. The molecule has 0 unspecified atom stereocenters. The quantitative estimate of drug-likeness (QED) is 0.720. The highest BCUT2D eigenvalue weighted by Crippen LogP contribution is 2.56. The van der Waals surface area contributed by atoms with Crippen molar-refractivity contribution in [1.82, 2.24) is 4.57 Å². The number of aromatic nitrogens is 1. The monoisotopic (exact) mass is 355 g/mol. The van der Waals surface area contributed by atoms with Crippen LogP contribution in [0.4, 0.5) is 0 Å². The zero-order valence-corrected chi connectivity index (χ0v) is 14.9. The van der Waals surface area contributed by atoms with Gasteiger partial charge in [0.15, 0.2) is 23.2 Å². The molecule has 0 spiro atoms. The maximum Gasteiger partial charge on any atom is 0.190 e. The van der Waals surface area contributed by atoms with E-state index in [1.807, 2.05) is 4.57 Å². The van der Waals surface area contributed by atoms with Gasteiger partial charge in [0.25, 0.3) is 0 Å². The minimum Gasteiger partial charge on any atom is -0.504 e. The second-order valence-electron chi connectivity index (χ2n) is 7.58. The number of phenolic OH excluding ortho intramolecular Hbond substituents is 1. The third kappa shape index (κ3) is 2.22. The zero-order chi connectivity index (χ0) is 18.8. The van der Waals surface area contributed by atoms with Gasteiger partial charge in [0.2, 0.25) is 0 Å². The van der Waals surface area contributed by atoms with Crippen molar-refractivity contribution in [2.24, 2.45) is 5.41 Å². The number of methoxy groups -OCH3 is 1. The number of ether oxygens (including phenoxy) is 1. The number of hydrogen-bond acceptors (Lipinski definition) is 5. The molecule has 1 atom stereocenters. The number of aromatic hydroxyl groups is 1. The van der Waals surface area contributed by atoms with Crippen LogP contribution >= 0.6 is 0 Å². The summed E-state index contributed by atoms with van der Waals surface area (Å²) in [5, 5.41) is 29.4. The highest BCUT2D eigenvalue weighted by atomic mass is 16.5. The molecule has 2 heterocycles. The number of aliphatic hydroxyl groups is 2. The third-order valence-electron chi connectivity index (χ3n) is 5.45. The number of rotatable bonds is 2. The molecule has 1 aromatic heterocycles. The Morgan fingerprint density at radius 2 is 1.96 bits per heavy atom. The number of aliphatic hydroxyl groups excluding tert-OH is 1. The molecule has 6 nitrogen and oxygen atoms in total. The second kappa shape index (κ2) is 5.46. The molecule has 2 aliphatic rings. The fourth-order valence-electron chi connectivity index (χ4n) is 4.17. The van der Waals surface area contributed by atoms with E-state index in [0.29, 0.717) is 11.4 Å². The Bertz CT molecular complexity index is 1000. The summed E-state index contributed by atoms with van der Waals surface area (Å²) in [7, 11) is 1.48. The van der Waals surface area contributed by atoms with Crippen LogP contribution in [-0.2, 0) is 0 Å². The molecule has 4 rings (SSSR count). The lowest BCUT2D eigenvalue weighted by atomic mass is 9.78. The van der Waals surface area contributed by atoms with Crippen molar-refractivity contribution in [2.45, 2.75) is 32.6 Å². The first-order chi connectivity index (χ1) is 12.2. The van der Waals surface area contributed by atoms with Crippen molar-refractivity contribution < 1.29 is 20.1 Å². The van der Waals surface area contributed by atoms with Crippen LogP contribution in [0.25, 0.3) is 16.8 Å². The van der Waals surface area contributed by atoms with E-state index in [-0.39, 0.29) is 22.8 Å². The van der Waals surface area contributed by atoms with Gasteiger partial charge in [0, 0.05) is 17.8 Å². The lowest BCUT2D eigenvalue weighted by Gasteiger charge is -2.38. The number of phenols is 1. The summed E-state index contributed by atoms with van der Waals surface area (Å²) in [5.41, 5.74) is 2.76. The summed E-state index contributed by atoms with van der Waals surface area (Å²) >= 11 is 0. The lowest BCUT2D eigenvalue weighted by molar-refractivity contribution is -0.0438. The molecule has 6 heteroatoms. The molecule has 0 saturated carbocycles. The molecule has 0 bridgehead atoms. The highest BCUT2D eigenvalue weighted by Gasteiger charge is 2.43. The Morgan fingerprint density at radius 3 is 2.62 bits per heavy atom. The van der Waals surface area contributed by atoms with Gasteiger partial charge in [0.05, 0.1) is 24.4 Å². The maximum atomic E-state index is 12.4. The first kappa shape index (κ1) is 16.9. The topological polar surface area (TPSA) is 91.9 Å².